The number of aromatic nitrogens is 2. The van der Waals surface area contributed by atoms with E-state index < -0.39 is 10.1 Å². The van der Waals surface area contributed by atoms with Crippen LogP contribution in [0.2, 0.25) is 0 Å². The normalized spacial score (nSPS) is 16.8. The molecule has 3 aromatic rings. The summed E-state index contributed by atoms with van der Waals surface area (Å²) in [7, 11) is -2.00. The monoisotopic (exact) mass is 614 g/mol. The van der Waals surface area contributed by atoms with Crippen molar-refractivity contribution in [1.82, 2.24) is 10.1 Å². The number of carbonyl (C=O) groups is 2. The van der Waals surface area contributed by atoms with Gasteiger partial charge in [-0.05, 0) is 60.9 Å². The van der Waals surface area contributed by atoms with Crippen molar-refractivity contribution in [2.75, 3.05) is 23.5 Å². The molecule has 2 N–H and O–H groups in total. The van der Waals surface area contributed by atoms with Crippen LogP contribution in [0.15, 0.2) is 53.2 Å². The van der Waals surface area contributed by atoms with Crippen LogP contribution < -0.4 is 15.0 Å². The predicted octanol–water partition coefficient (Wildman–Crippen LogP) is 6.17. The van der Waals surface area contributed by atoms with Gasteiger partial charge in [-0.2, -0.15) is 8.42 Å². The summed E-state index contributed by atoms with van der Waals surface area (Å²) in [5, 5.41) is 6.67. The topological polar surface area (TPSA) is 152 Å². The molecule has 2 amide bonds. The van der Waals surface area contributed by atoms with E-state index in [1.54, 1.807) is 25.4 Å². The summed E-state index contributed by atoms with van der Waals surface area (Å²) in [6.45, 7) is 10.6. The lowest BCUT2D eigenvalue weighted by molar-refractivity contribution is 0.0988. The molecule has 0 spiro atoms. The molecule has 11 nitrogen and oxygen atoms in total. The zero-order valence-corrected chi connectivity index (χ0v) is 26.6. The molecule has 2 atom stereocenters. The van der Waals surface area contributed by atoms with Gasteiger partial charge < -0.3 is 9.26 Å². The summed E-state index contributed by atoms with van der Waals surface area (Å²) < 4.78 is 37.3. The quantitative estimate of drug-likeness (QED) is 0.224. The molecule has 0 saturated heterocycles. The van der Waals surface area contributed by atoms with Gasteiger partial charge in [-0.3, -0.25) is 19.6 Å². The van der Waals surface area contributed by atoms with E-state index in [-0.39, 0.29) is 29.8 Å². The van der Waals surface area contributed by atoms with E-state index >= 15 is 0 Å². The van der Waals surface area contributed by atoms with Crippen molar-refractivity contribution < 1.29 is 31.8 Å². The number of urea groups is 1. The number of pyridine rings is 1. The number of hydrogen-bond donors (Lipinski definition) is 2. The molecule has 1 aliphatic rings. The second kappa shape index (κ2) is 14.1. The predicted molar refractivity (Wildman–Crippen MR) is 165 cm³/mol. The maximum absolute atomic E-state index is 12.8. The van der Waals surface area contributed by atoms with E-state index in [4.69, 9.17) is 13.8 Å². The van der Waals surface area contributed by atoms with Crippen molar-refractivity contribution in [3.05, 3.63) is 65.7 Å². The van der Waals surface area contributed by atoms with Crippen LogP contribution in [0.5, 0.6) is 5.75 Å². The highest BCUT2D eigenvalue weighted by Gasteiger charge is 2.28. The van der Waals surface area contributed by atoms with Crippen molar-refractivity contribution in [3.63, 3.8) is 0 Å². The summed E-state index contributed by atoms with van der Waals surface area (Å²) in [5.41, 5.74) is 1.73. The Hall–Kier alpha value is -3.77. The van der Waals surface area contributed by atoms with Crippen molar-refractivity contribution >= 4 is 33.4 Å². The zero-order chi connectivity index (χ0) is 31.9. The Morgan fingerprint density at radius 2 is 1.79 bits per heavy atom. The molecule has 43 heavy (non-hydrogen) atoms. The number of rotatable bonds is 8. The molecule has 12 heteroatoms. The number of ketones is 1. The van der Waals surface area contributed by atoms with Crippen molar-refractivity contribution in [2.45, 2.75) is 71.8 Å². The first-order valence-electron chi connectivity index (χ1n) is 14.2. The molecular weight excluding hydrogens is 572 g/mol. The first kappa shape index (κ1) is 33.7. The highest BCUT2D eigenvalue weighted by molar-refractivity contribution is 7.85. The Bertz CT molecular complexity index is 1470. The van der Waals surface area contributed by atoms with Crippen LogP contribution in [0.4, 0.5) is 16.3 Å². The van der Waals surface area contributed by atoms with Crippen molar-refractivity contribution in [2.24, 2.45) is 11.8 Å². The lowest BCUT2D eigenvalue weighted by Gasteiger charge is -2.17. The standard InChI is InChI=1S/C30H38N4O4.CH4O3S/c1-19(2)21-9-12-23(16-21)37-24-13-14-25(31-18-24)26(35)15-20-7-10-22(11-8-20)34(6)29(36)32-28-17-27(38-33-28)30(3,4)5;1-5(2,3)4/h7-8,10-11,13-14,17-19,21,23H,9,12,15-16H2,1-6H3,(H,32,33,36);1H3,(H,2,3,4). The summed E-state index contributed by atoms with van der Waals surface area (Å²) in [4.78, 5) is 31.3. The lowest BCUT2D eigenvalue weighted by atomic mass is 9.93. The average molecular weight is 615 g/mol. The lowest BCUT2D eigenvalue weighted by Crippen LogP contribution is -2.31. The van der Waals surface area contributed by atoms with Crippen LogP contribution in [0.1, 0.15) is 75.7 Å². The molecular formula is C31H42N4O7S. The van der Waals surface area contributed by atoms with Gasteiger partial charge in [-0.1, -0.05) is 51.9 Å². The van der Waals surface area contributed by atoms with Crippen LogP contribution in [-0.2, 0) is 22.0 Å². The molecule has 0 radical (unpaired) electrons. The number of Topliss-reactive ketones (excluding diaryl/α,β-unsaturated/α-hetero) is 1. The first-order chi connectivity index (χ1) is 20.0. The SMILES string of the molecule is CC(C)C1CCC(Oc2ccc(C(=O)Cc3ccc(N(C)C(=O)Nc4cc(C(C)(C)C)on4)cc3)nc2)C1.CS(=O)(=O)O. The Morgan fingerprint density at radius 3 is 2.30 bits per heavy atom. The molecule has 1 aliphatic carbocycles. The minimum Gasteiger partial charge on any atom is -0.489 e. The van der Waals surface area contributed by atoms with Gasteiger partial charge in [0.2, 0.25) is 0 Å². The minimum atomic E-state index is -3.67. The summed E-state index contributed by atoms with van der Waals surface area (Å²) in [6, 6.07) is 12.2. The summed E-state index contributed by atoms with van der Waals surface area (Å²) in [6.07, 6.45) is 6.14. The molecule has 4 rings (SSSR count). The smallest absolute Gasteiger partial charge is 0.327 e. The number of anilines is 2. The fourth-order valence-corrected chi connectivity index (χ4v) is 4.60. The van der Waals surface area contributed by atoms with E-state index in [2.05, 4.69) is 29.3 Å². The molecule has 0 aliphatic heterocycles. The molecule has 1 saturated carbocycles. The van der Waals surface area contributed by atoms with Gasteiger partial charge in [0.05, 0.1) is 18.6 Å². The van der Waals surface area contributed by atoms with E-state index in [0.29, 0.717) is 46.8 Å². The number of carbonyl (C=O) groups excluding carboxylic acids is 2. The first-order valence-corrected chi connectivity index (χ1v) is 16.0. The molecule has 2 heterocycles. The van der Waals surface area contributed by atoms with Gasteiger partial charge in [0.15, 0.2) is 11.6 Å². The second-order valence-corrected chi connectivity index (χ2v) is 13.7. The fraction of sp³-hybridized carbons (Fsp3) is 0.484. The number of hydrogen-bond acceptors (Lipinski definition) is 8. The third-order valence-corrected chi connectivity index (χ3v) is 7.17. The Balaban J connectivity index is 0.000000934. The van der Waals surface area contributed by atoms with Gasteiger partial charge in [-0.15, -0.1) is 0 Å². The van der Waals surface area contributed by atoms with Crippen LogP contribution in [0.3, 0.4) is 0 Å². The summed E-state index contributed by atoms with van der Waals surface area (Å²) >= 11 is 0. The second-order valence-electron chi connectivity index (χ2n) is 12.3. The van der Waals surface area contributed by atoms with Gasteiger partial charge in [-0.25, -0.2) is 9.78 Å². The van der Waals surface area contributed by atoms with Gasteiger partial charge in [0.1, 0.15) is 17.2 Å². The zero-order valence-electron chi connectivity index (χ0n) is 25.8. The van der Waals surface area contributed by atoms with E-state index in [9.17, 15) is 18.0 Å². The molecule has 1 aromatic carbocycles. The third-order valence-electron chi connectivity index (χ3n) is 7.17. The highest BCUT2D eigenvalue weighted by atomic mass is 32.2. The van der Waals surface area contributed by atoms with Crippen molar-refractivity contribution in [1.29, 1.82) is 0 Å². The number of nitrogens with one attached hydrogen (secondary N) is 1. The average Bonchev–Trinajstić information content (AvgIpc) is 3.58. The van der Waals surface area contributed by atoms with Crippen LogP contribution in [0, 0.1) is 11.8 Å². The number of ether oxygens (including phenoxy) is 1. The maximum atomic E-state index is 12.8. The molecule has 2 aromatic heterocycles. The molecule has 1 fully saturated rings. The van der Waals surface area contributed by atoms with E-state index in [1.807, 2.05) is 51.1 Å². The maximum Gasteiger partial charge on any atom is 0.327 e. The van der Waals surface area contributed by atoms with Crippen LogP contribution in [-0.4, -0.2) is 54.3 Å². The highest BCUT2D eigenvalue weighted by Crippen LogP contribution is 2.33. The van der Waals surface area contributed by atoms with Crippen LogP contribution in [0.25, 0.3) is 0 Å². The Labute approximate surface area is 253 Å². The Morgan fingerprint density at radius 1 is 1.14 bits per heavy atom. The van der Waals surface area contributed by atoms with Gasteiger partial charge in [0.25, 0.3) is 10.1 Å². The largest absolute Gasteiger partial charge is 0.489 e. The number of amides is 2. The van der Waals surface area contributed by atoms with E-state index in [0.717, 1.165) is 18.4 Å². The van der Waals surface area contributed by atoms with Crippen molar-refractivity contribution in [3.8, 4) is 5.75 Å². The molecule has 234 valence electrons. The fourth-order valence-electron chi connectivity index (χ4n) is 4.60. The number of nitrogens with zero attached hydrogens (tertiary/aromatic N) is 3. The van der Waals surface area contributed by atoms with Gasteiger partial charge in [0, 0.05) is 30.6 Å². The number of benzene rings is 1. The molecule has 0 bridgehead atoms. The van der Waals surface area contributed by atoms with E-state index in [1.165, 1.54) is 11.3 Å². The minimum absolute atomic E-state index is 0.0724. The summed E-state index contributed by atoms with van der Waals surface area (Å²) in [5.74, 6) is 3.08. The molecule has 2 unspecified atom stereocenters. The van der Waals surface area contributed by atoms with Gasteiger partial charge >= 0.3 is 6.03 Å². The Kier molecular flexibility index (Phi) is 11.1. The van der Waals surface area contributed by atoms with Crippen LogP contribution >= 0.6 is 0 Å². The third kappa shape index (κ3) is 10.8.